The van der Waals surface area contributed by atoms with Crippen molar-refractivity contribution < 1.29 is 14.4 Å². The Balaban J connectivity index is 2.10. The van der Waals surface area contributed by atoms with Crippen molar-refractivity contribution in [2.75, 3.05) is 6.54 Å². The van der Waals surface area contributed by atoms with Crippen LogP contribution in [0.1, 0.15) is 33.6 Å². The van der Waals surface area contributed by atoms with Crippen molar-refractivity contribution >= 4 is 17.6 Å². The van der Waals surface area contributed by atoms with Crippen molar-refractivity contribution in [2.24, 2.45) is 23.7 Å². The maximum absolute atomic E-state index is 12.1. The standard InChI is InChI=1S/C13H19NO3/c1-7(2)11(15)6-14-12(16)9-4-8(3)5-10(9)13(14)17/h7-10H,4-6H2,1-3H3. The molecule has 2 amide bonds. The van der Waals surface area contributed by atoms with Gasteiger partial charge in [-0.05, 0) is 18.8 Å². The normalized spacial score (nSPS) is 32.5. The molecule has 0 N–H and O–H groups in total. The summed E-state index contributed by atoms with van der Waals surface area (Å²) in [5.74, 6) is -0.290. The Labute approximate surface area is 101 Å². The van der Waals surface area contributed by atoms with Gasteiger partial charge in [0.15, 0.2) is 5.78 Å². The van der Waals surface area contributed by atoms with Gasteiger partial charge in [-0.2, -0.15) is 0 Å². The second kappa shape index (κ2) is 4.24. The lowest BCUT2D eigenvalue weighted by Crippen LogP contribution is -2.38. The number of amides is 2. The van der Waals surface area contributed by atoms with Crippen LogP contribution in [0, 0.1) is 23.7 Å². The molecule has 0 aromatic heterocycles. The number of nitrogens with zero attached hydrogens (tertiary/aromatic N) is 1. The van der Waals surface area contributed by atoms with Gasteiger partial charge < -0.3 is 0 Å². The molecule has 0 spiro atoms. The Morgan fingerprint density at radius 1 is 1.24 bits per heavy atom. The van der Waals surface area contributed by atoms with E-state index in [1.165, 1.54) is 4.90 Å². The molecule has 1 aliphatic carbocycles. The lowest BCUT2D eigenvalue weighted by atomic mass is 10.00. The van der Waals surface area contributed by atoms with E-state index in [1.54, 1.807) is 13.8 Å². The number of fused-ring (bicyclic) bond motifs is 1. The molecule has 1 heterocycles. The van der Waals surface area contributed by atoms with Crippen molar-refractivity contribution in [2.45, 2.75) is 33.6 Å². The lowest BCUT2D eigenvalue weighted by Gasteiger charge is -2.17. The zero-order valence-corrected chi connectivity index (χ0v) is 10.6. The van der Waals surface area contributed by atoms with Gasteiger partial charge in [-0.3, -0.25) is 19.3 Å². The van der Waals surface area contributed by atoms with E-state index >= 15 is 0 Å². The van der Waals surface area contributed by atoms with Gasteiger partial charge in [-0.25, -0.2) is 0 Å². The fourth-order valence-corrected chi connectivity index (χ4v) is 2.84. The van der Waals surface area contributed by atoms with Crippen molar-refractivity contribution in [1.82, 2.24) is 4.90 Å². The van der Waals surface area contributed by atoms with E-state index in [9.17, 15) is 14.4 Å². The van der Waals surface area contributed by atoms with Crippen LogP contribution in [0.5, 0.6) is 0 Å². The highest BCUT2D eigenvalue weighted by Gasteiger charge is 2.51. The Bertz CT molecular complexity index is 351. The van der Waals surface area contributed by atoms with Crippen LogP contribution in [0.2, 0.25) is 0 Å². The third-order valence-electron chi connectivity index (χ3n) is 3.92. The van der Waals surface area contributed by atoms with Crippen LogP contribution in [-0.2, 0) is 14.4 Å². The van der Waals surface area contributed by atoms with Gasteiger partial charge in [0.1, 0.15) is 0 Å². The number of hydrogen-bond donors (Lipinski definition) is 0. The summed E-state index contributed by atoms with van der Waals surface area (Å²) in [7, 11) is 0. The predicted octanol–water partition coefficient (Wildman–Crippen LogP) is 1.24. The highest BCUT2D eigenvalue weighted by molar-refractivity contribution is 6.07. The molecule has 2 atom stereocenters. The topological polar surface area (TPSA) is 54.5 Å². The summed E-state index contributed by atoms with van der Waals surface area (Å²) in [4.78, 5) is 36.9. The Morgan fingerprint density at radius 3 is 2.12 bits per heavy atom. The van der Waals surface area contributed by atoms with Gasteiger partial charge in [-0.15, -0.1) is 0 Å². The fraction of sp³-hybridized carbons (Fsp3) is 0.769. The lowest BCUT2D eigenvalue weighted by molar-refractivity contribution is -0.144. The molecule has 0 radical (unpaired) electrons. The van der Waals surface area contributed by atoms with E-state index in [1.807, 2.05) is 0 Å². The first-order valence-electron chi connectivity index (χ1n) is 6.29. The molecule has 4 nitrogen and oxygen atoms in total. The van der Waals surface area contributed by atoms with Crippen molar-refractivity contribution in [3.8, 4) is 0 Å². The van der Waals surface area contributed by atoms with Gasteiger partial charge in [0.2, 0.25) is 11.8 Å². The van der Waals surface area contributed by atoms with Crippen LogP contribution in [-0.4, -0.2) is 29.0 Å². The van der Waals surface area contributed by atoms with E-state index in [4.69, 9.17) is 0 Å². The molecule has 2 fully saturated rings. The minimum absolute atomic E-state index is 0.0310. The molecule has 0 aromatic carbocycles. The molecule has 1 saturated carbocycles. The van der Waals surface area contributed by atoms with E-state index in [2.05, 4.69) is 6.92 Å². The average Bonchev–Trinajstić information content (AvgIpc) is 2.73. The minimum Gasteiger partial charge on any atom is -0.297 e. The van der Waals surface area contributed by atoms with E-state index in [0.29, 0.717) is 5.92 Å². The van der Waals surface area contributed by atoms with Gasteiger partial charge in [0, 0.05) is 5.92 Å². The molecule has 17 heavy (non-hydrogen) atoms. The average molecular weight is 237 g/mol. The number of likely N-dealkylation sites (tertiary alicyclic amines) is 1. The van der Waals surface area contributed by atoms with Gasteiger partial charge in [0.25, 0.3) is 0 Å². The van der Waals surface area contributed by atoms with Crippen LogP contribution >= 0.6 is 0 Å². The Kier molecular flexibility index (Phi) is 3.06. The number of carbonyl (C=O) groups excluding carboxylic acids is 3. The molecular formula is C13H19NO3. The van der Waals surface area contributed by atoms with Crippen LogP contribution in [0.15, 0.2) is 0 Å². The number of imide groups is 1. The van der Waals surface area contributed by atoms with Crippen LogP contribution in [0.25, 0.3) is 0 Å². The summed E-state index contributed by atoms with van der Waals surface area (Å²) in [6, 6.07) is 0. The first-order chi connectivity index (χ1) is 7.91. The second-order valence-corrected chi connectivity index (χ2v) is 5.67. The third-order valence-corrected chi connectivity index (χ3v) is 3.92. The molecule has 2 rings (SSSR count). The van der Waals surface area contributed by atoms with Crippen molar-refractivity contribution in [3.05, 3.63) is 0 Å². The number of hydrogen-bond acceptors (Lipinski definition) is 3. The smallest absolute Gasteiger partial charge is 0.233 e. The Hall–Kier alpha value is -1.19. The SMILES string of the molecule is CC1CC2C(=O)N(CC(=O)C(C)C)C(=O)C2C1. The molecule has 1 saturated heterocycles. The highest BCUT2D eigenvalue weighted by Crippen LogP contribution is 2.42. The summed E-state index contributed by atoms with van der Waals surface area (Å²) in [6.07, 6.45) is 1.59. The molecule has 0 aromatic rings. The van der Waals surface area contributed by atoms with Crippen molar-refractivity contribution in [1.29, 1.82) is 0 Å². The van der Waals surface area contributed by atoms with Crippen LogP contribution in [0.4, 0.5) is 0 Å². The van der Waals surface area contributed by atoms with E-state index < -0.39 is 0 Å². The van der Waals surface area contributed by atoms with Gasteiger partial charge in [0.05, 0.1) is 18.4 Å². The van der Waals surface area contributed by atoms with Gasteiger partial charge >= 0.3 is 0 Å². The number of rotatable bonds is 3. The summed E-state index contributed by atoms with van der Waals surface area (Å²) in [5.41, 5.74) is 0. The molecular weight excluding hydrogens is 218 g/mol. The summed E-state index contributed by atoms with van der Waals surface area (Å²) < 4.78 is 0. The minimum atomic E-state index is -0.155. The monoisotopic (exact) mass is 237 g/mol. The molecule has 1 aliphatic heterocycles. The zero-order valence-electron chi connectivity index (χ0n) is 10.6. The highest BCUT2D eigenvalue weighted by atomic mass is 16.2. The molecule has 2 unspecified atom stereocenters. The fourth-order valence-electron chi connectivity index (χ4n) is 2.84. The predicted molar refractivity (Wildman–Crippen MR) is 61.9 cm³/mol. The summed E-state index contributed by atoms with van der Waals surface area (Å²) >= 11 is 0. The number of carbonyl (C=O) groups is 3. The number of ketones is 1. The maximum atomic E-state index is 12.1. The Morgan fingerprint density at radius 2 is 1.71 bits per heavy atom. The molecule has 2 aliphatic rings. The quantitative estimate of drug-likeness (QED) is 0.694. The summed E-state index contributed by atoms with van der Waals surface area (Å²) in [5, 5.41) is 0. The van der Waals surface area contributed by atoms with E-state index in [-0.39, 0.29) is 41.9 Å². The van der Waals surface area contributed by atoms with Crippen LogP contribution in [0.3, 0.4) is 0 Å². The van der Waals surface area contributed by atoms with E-state index in [0.717, 1.165) is 12.8 Å². The van der Waals surface area contributed by atoms with Gasteiger partial charge in [-0.1, -0.05) is 20.8 Å². The largest absolute Gasteiger partial charge is 0.297 e. The molecule has 94 valence electrons. The zero-order chi connectivity index (χ0) is 12.7. The maximum Gasteiger partial charge on any atom is 0.233 e. The first-order valence-corrected chi connectivity index (χ1v) is 6.29. The molecule has 0 bridgehead atoms. The van der Waals surface area contributed by atoms with Crippen molar-refractivity contribution in [3.63, 3.8) is 0 Å². The number of Topliss-reactive ketones (excluding diaryl/α,β-unsaturated/α-hetero) is 1. The summed E-state index contributed by atoms with van der Waals surface area (Å²) in [6.45, 7) is 5.62. The third kappa shape index (κ3) is 2.01. The first kappa shape index (κ1) is 12.3. The molecule has 4 heteroatoms. The van der Waals surface area contributed by atoms with Crippen LogP contribution < -0.4 is 0 Å². The second-order valence-electron chi connectivity index (χ2n) is 5.67.